The van der Waals surface area contributed by atoms with Crippen molar-refractivity contribution in [3.05, 3.63) is 75.6 Å². The second kappa shape index (κ2) is 20.8. The first kappa shape index (κ1) is 47.9. The number of hydrogen-bond donors (Lipinski definition) is 5. The molecule has 0 spiro atoms. The number of piperidine rings is 2. The number of morpholine rings is 1. The number of aryl methyl sites for hydroxylation is 1. The van der Waals surface area contributed by atoms with E-state index in [2.05, 4.69) is 25.8 Å². The van der Waals surface area contributed by atoms with Crippen LogP contribution in [0.25, 0.3) is 5.57 Å². The van der Waals surface area contributed by atoms with Crippen LogP contribution in [0, 0.1) is 0 Å². The third kappa shape index (κ3) is 10.0. The lowest BCUT2D eigenvalue weighted by atomic mass is 9.92. The summed E-state index contributed by atoms with van der Waals surface area (Å²) in [7, 11) is 1.56. The van der Waals surface area contributed by atoms with Gasteiger partial charge < -0.3 is 30.9 Å². The number of anilines is 1. The molecule has 2 aromatic rings. The number of rotatable bonds is 13. The quantitative estimate of drug-likeness (QED) is 0.0844. The molecule has 6 aliphatic rings. The smallest absolute Gasteiger partial charge is 0.279 e. The highest BCUT2D eigenvalue weighted by Crippen LogP contribution is 2.37. The molecule has 7 N–H and O–H groups in total. The van der Waals surface area contributed by atoms with E-state index in [1.807, 2.05) is 9.48 Å². The standard InChI is InChI=1S/C48H59F2N11O7/c1-28(62)59-18-13-37(36(26-59)45(52)60-15-4-5-29-21-34(30(23-51)24-53-2)35(44(49)50)22-40(29)60)55-31-11-16-58(17-12-31)42(64)27-57-19-20-68-32(25-57)10-14-54-38-7-3-6-33-43(38)48(67)61(47(33)66)39-8-9-41(63)56-46(39)65/h3,6-7,21-24,31-32,39,44H,4-5,8-20,25-27H2,1-2H3,(H6,51,52,53,54,55,56,63,65,67)/p+1. The van der Waals surface area contributed by atoms with Crippen molar-refractivity contribution < 1.29 is 46.9 Å². The maximum atomic E-state index is 14.6. The van der Waals surface area contributed by atoms with Crippen LogP contribution in [0.2, 0.25) is 0 Å². The first-order valence-corrected chi connectivity index (χ1v) is 23.4. The van der Waals surface area contributed by atoms with Gasteiger partial charge in [-0.25, -0.2) is 13.4 Å². The number of amides is 6. The van der Waals surface area contributed by atoms with Crippen LogP contribution in [0.3, 0.4) is 0 Å². The number of imide groups is 2. The molecule has 6 aliphatic heterocycles. The van der Waals surface area contributed by atoms with Gasteiger partial charge in [0, 0.05) is 107 Å². The summed E-state index contributed by atoms with van der Waals surface area (Å²) in [5.74, 6) is -1.88. The number of alkyl halides is 2. The fraction of sp³-hybridized carbons (Fsp3) is 0.500. The van der Waals surface area contributed by atoms with E-state index < -0.39 is 36.1 Å². The molecule has 8 rings (SSSR count). The van der Waals surface area contributed by atoms with Crippen molar-refractivity contribution in [1.29, 1.82) is 0 Å². The molecule has 6 amide bonds. The minimum atomic E-state index is -2.77. The van der Waals surface area contributed by atoms with Crippen LogP contribution in [0.5, 0.6) is 0 Å². The zero-order valence-corrected chi connectivity index (χ0v) is 38.5. The van der Waals surface area contributed by atoms with Gasteiger partial charge >= 0.3 is 0 Å². The van der Waals surface area contributed by atoms with Gasteiger partial charge in [0.1, 0.15) is 11.7 Å². The van der Waals surface area contributed by atoms with E-state index in [4.69, 9.17) is 16.2 Å². The highest BCUT2D eigenvalue weighted by Gasteiger charge is 2.46. The molecule has 2 atom stereocenters. The number of hydrogen-bond acceptors (Lipinski definition) is 12. The third-order valence-corrected chi connectivity index (χ3v) is 13.8. The predicted molar refractivity (Wildman–Crippen MR) is 249 cm³/mol. The Hall–Kier alpha value is -6.54. The van der Waals surface area contributed by atoms with Crippen molar-refractivity contribution in [2.45, 2.75) is 82.9 Å². The number of ether oxygens (including phenoxy) is 1. The number of aliphatic imine (C=N–C) groups is 1. The second-order valence-electron chi connectivity index (χ2n) is 18.1. The Morgan fingerprint density at radius 3 is 2.54 bits per heavy atom. The Balaban J connectivity index is 0.870. The molecule has 3 fully saturated rings. The lowest BCUT2D eigenvalue weighted by Gasteiger charge is -2.38. The zero-order valence-electron chi connectivity index (χ0n) is 38.5. The Morgan fingerprint density at radius 1 is 1.03 bits per heavy atom. The number of allylic oxidation sites excluding steroid dienone is 1. The SMILES string of the molecule is CN=C/C(=C\N)c1cc2c(cc1C(F)F)[N+](=C(N)C1=C(NC3CCN(C(=O)CN4CCOC(CCNc5cccc6c5C(=O)N(C5CCC(=O)NC5=O)C6=O)C4)CC3)CCN(C(C)=O)C1)CCC2. The average molecular weight is 941 g/mol. The molecule has 18 nitrogen and oxygen atoms in total. The first-order chi connectivity index (χ1) is 32.8. The Kier molecular flexibility index (Phi) is 14.6. The lowest BCUT2D eigenvalue weighted by molar-refractivity contribution is -0.447. The number of benzene rings is 2. The van der Waals surface area contributed by atoms with Gasteiger partial charge in [-0.05, 0) is 73.9 Å². The number of amidine groups is 1. The average Bonchev–Trinajstić information content (AvgIpc) is 3.58. The summed E-state index contributed by atoms with van der Waals surface area (Å²) >= 11 is 0. The summed E-state index contributed by atoms with van der Waals surface area (Å²) in [4.78, 5) is 88.0. The molecule has 0 bridgehead atoms. The van der Waals surface area contributed by atoms with Gasteiger partial charge in [0.15, 0.2) is 0 Å². The molecular formula is C48H60F2N11O7+. The number of halogens is 2. The number of nitrogens with two attached hydrogens (primary N) is 2. The molecule has 2 aromatic carbocycles. The van der Waals surface area contributed by atoms with Gasteiger partial charge in [-0.15, -0.1) is 0 Å². The van der Waals surface area contributed by atoms with Crippen LogP contribution >= 0.6 is 0 Å². The fourth-order valence-electron chi connectivity index (χ4n) is 10.2. The van der Waals surface area contributed by atoms with Crippen molar-refractivity contribution in [2.75, 3.05) is 77.9 Å². The monoisotopic (exact) mass is 940 g/mol. The van der Waals surface area contributed by atoms with Gasteiger partial charge in [-0.2, -0.15) is 0 Å². The molecular weight excluding hydrogens is 881 g/mol. The number of fused-ring (bicyclic) bond motifs is 2. The molecule has 0 radical (unpaired) electrons. The number of likely N-dealkylation sites (tertiary alicyclic amines) is 1. The van der Waals surface area contributed by atoms with Crippen LogP contribution in [0.1, 0.15) is 95.7 Å². The summed E-state index contributed by atoms with van der Waals surface area (Å²) in [5, 5.41) is 9.22. The van der Waals surface area contributed by atoms with Crippen LogP contribution in [0.4, 0.5) is 20.2 Å². The van der Waals surface area contributed by atoms with Gasteiger partial charge in [0.25, 0.3) is 24.1 Å². The van der Waals surface area contributed by atoms with Gasteiger partial charge in [0.05, 0.1) is 49.0 Å². The van der Waals surface area contributed by atoms with E-state index in [-0.39, 0.29) is 66.6 Å². The summed E-state index contributed by atoms with van der Waals surface area (Å²) in [5.41, 5.74) is 17.4. The maximum absolute atomic E-state index is 14.6. The van der Waals surface area contributed by atoms with Gasteiger partial charge in [-0.1, -0.05) is 6.07 Å². The Labute approximate surface area is 393 Å². The van der Waals surface area contributed by atoms with E-state index in [9.17, 15) is 37.5 Å². The zero-order chi connectivity index (χ0) is 48.2. The van der Waals surface area contributed by atoms with Crippen LogP contribution in [-0.4, -0.2) is 162 Å². The number of nitrogens with one attached hydrogen (secondary N) is 3. The molecule has 68 heavy (non-hydrogen) atoms. The molecule has 0 aromatic heterocycles. The fourth-order valence-corrected chi connectivity index (χ4v) is 10.2. The minimum Gasteiger partial charge on any atom is -0.404 e. The van der Waals surface area contributed by atoms with Gasteiger partial charge in [-0.3, -0.25) is 54.6 Å². The van der Waals surface area contributed by atoms with E-state index in [0.717, 1.165) is 28.2 Å². The van der Waals surface area contributed by atoms with E-state index >= 15 is 0 Å². The summed E-state index contributed by atoms with van der Waals surface area (Å²) in [6.45, 7) is 6.19. The normalized spacial score (nSPS) is 22.8. The highest BCUT2D eigenvalue weighted by molar-refractivity contribution is 6.25. The summed E-state index contributed by atoms with van der Waals surface area (Å²) in [6, 6.07) is 7.20. The second-order valence-corrected chi connectivity index (χ2v) is 18.1. The maximum Gasteiger partial charge on any atom is 0.279 e. The molecule has 0 saturated carbocycles. The van der Waals surface area contributed by atoms with Crippen molar-refractivity contribution in [2.24, 2.45) is 16.5 Å². The van der Waals surface area contributed by atoms with Crippen LogP contribution < -0.4 is 27.4 Å². The topological polar surface area (TPSA) is 228 Å². The van der Waals surface area contributed by atoms with Crippen molar-refractivity contribution in [3.63, 3.8) is 0 Å². The molecule has 2 unspecified atom stereocenters. The van der Waals surface area contributed by atoms with Crippen molar-refractivity contribution in [3.8, 4) is 0 Å². The van der Waals surface area contributed by atoms with E-state index in [1.165, 1.54) is 25.4 Å². The molecule has 3 saturated heterocycles. The number of carbonyl (C=O) groups excluding carboxylic acids is 6. The Bertz CT molecular complexity index is 2500. The summed E-state index contributed by atoms with van der Waals surface area (Å²) < 4.78 is 37.1. The molecule has 20 heteroatoms. The highest BCUT2D eigenvalue weighted by atomic mass is 19.3. The van der Waals surface area contributed by atoms with Gasteiger partial charge in [0.2, 0.25) is 23.6 Å². The Morgan fingerprint density at radius 2 is 1.82 bits per heavy atom. The summed E-state index contributed by atoms with van der Waals surface area (Å²) in [6.07, 6.45) is 3.83. The van der Waals surface area contributed by atoms with E-state index in [1.54, 1.807) is 36.2 Å². The lowest BCUT2D eigenvalue weighted by Crippen LogP contribution is -2.54. The van der Waals surface area contributed by atoms with E-state index in [0.29, 0.717) is 113 Å². The largest absolute Gasteiger partial charge is 0.404 e. The number of nitrogens with zero attached hydrogens (tertiary/aromatic N) is 6. The first-order valence-electron chi connectivity index (χ1n) is 23.4. The van der Waals surface area contributed by atoms with Crippen molar-refractivity contribution >= 4 is 64.4 Å². The molecule has 362 valence electrons. The minimum absolute atomic E-state index is 0.0317. The predicted octanol–water partition coefficient (Wildman–Crippen LogP) is 2.26. The van der Waals surface area contributed by atoms with Crippen LogP contribution in [0.15, 0.2) is 52.8 Å². The third-order valence-electron chi connectivity index (χ3n) is 13.8. The van der Waals surface area contributed by atoms with Crippen LogP contribution in [-0.2, 0) is 30.3 Å². The molecule has 6 heterocycles. The molecule has 0 aliphatic carbocycles. The number of carbonyl (C=O) groups is 6. The van der Waals surface area contributed by atoms with Crippen molar-refractivity contribution in [1.82, 2.24) is 30.2 Å².